The molecule has 0 aliphatic rings. The molecule has 0 saturated heterocycles. The van der Waals surface area contributed by atoms with Gasteiger partial charge in [-0.2, -0.15) is 0 Å². The lowest BCUT2D eigenvalue weighted by Crippen LogP contribution is -1.98. The van der Waals surface area contributed by atoms with Crippen LogP contribution in [0.4, 0.5) is 0 Å². The lowest BCUT2D eigenvalue weighted by molar-refractivity contribution is -0.131. The molecule has 0 unspecified atom stereocenters. The van der Waals surface area contributed by atoms with Gasteiger partial charge in [-0.25, -0.2) is 4.79 Å². The maximum atomic E-state index is 10.9. The standard InChI is InChI=1S/C26H23NO2/c1-19-23(15-12-20-8-4-2-5-9-20)24-18-21(14-17-26(28)29)13-16-25(24)27(19)22-10-6-3-7-11-22/h2-11,13-14,16-18H,12,15H2,1H3,(H,28,29). The van der Waals surface area contributed by atoms with Crippen LogP contribution in [-0.2, 0) is 17.6 Å². The maximum Gasteiger partial charge on any atom is 0.328 e. The normalized spacial score (nSPS) is 11.3. The minimum Gasteiger partial charge on any atom is -0.478 e. The number of aromatic nitrogens is 1. The number of carbonyl (C=O) groups is 1. The maximum absolute atomic E-state index is 10.9. The van der Waals surface area contributed by atoms with E-state index in [9.17, 15) is 4.79 Å². The molecule has 0 atom stereocenters. The second-order valence-corrected chi connectivity index (χ2v) is 7.17. The molecule has 0 saturated carbocycles. The van der Waals surface area contributed by atoms with Crippen LogP contribution in [0.15, 0.2) is 84.9 Å². The van der Waals surface area contributed by atoms with Crippen molar-refractivity contribution in [3.8, 4) is 5.69 Å². The molecule has 0 bridgehead atoms. The Morgan fingerprint density at radius 2 is 1.62 bits per heavy atom. The molecule has 1 aromatic heterocycles. The number of fused-ring (bicyclic) bond motifs is 1. The topological polar surface area (TPSA) is 42.2 Å². The van der Waals surface area contributed by atoms with Crippen LogP contribution in [0, 0.1) is 6.92 Å². The number of carboxylic acid groups (broad SMARTS) is 1. The molecule has 1 heterocycles. The first-order chi connectivity index (χ1) is 14.1. The lowest BCUT2D eigenvalue weighted by Gasteiger charge is -2.09. The fraction of sp³-hybridized carbons (Fsp3) is 0.115. The van der Waals surface area contributed by atoms with Gasteiger partial charge in [-0.1, -0.05) is 54.6 Å². The average molecular weight is 381 g/mol. The zero-order valence-corrected chi connectivity index (χ0v) is 16.4. The molecule has 29 heavy (non-hydrogen) atoms. The van der Waals surface area contributed by atoms with Crippen molar-refractivity contribution in [2.45, 2.75) is 19.8 Å². The number of aryl methyl sites for hydroxylation is 2. The highest BCUT2D eigenvalue weighted by Crippen LogP contribution is 2.31. The summed E-state index contributed by atoms with van der Waals surface area (Å²) in [4.78, 5) is 10.9. The molecule has 1 N–H and O–H groups in total. The zero-order valence-electron chi connectivity index (χ0n) is 16.4. The van der Waals surface area contributed by atoms with Gasteiger partial charge in [-0.05, 0) is 66.8 Å². The largest absolute Gasteiger partial charge is 0.478 e. The van der Waals surface area contributed by atoms with Gasteiger partial charge in [-0.3, -0.25) is 0 Å². The third-order valence-electron chi connectivity index (χ3n) is 5.30. The number of carboxylic acids is 1. The summed E-state index contributed by atoms with van der Waals surface area (Å²) in [5.41, 5.74) is 7.01. The molecular formula is C26H23NO2. The summed E-state index contributed by atoms with van der Waals surface area (Å²) in [6.07, 6.45) is 4.73. The Labute approximate surface area is 170 Å². The van der Waals surface area contributed by atoms with Gasteiger partial charge in [0.25, 0.3) is 0 Å². The Bertz CT molecular complexity index is 1170. The van der Waals surface area contributed by atoms with Crippen LogP contribution in [0.2, 0.25) is 0 Å². The van der Waals surface area contributed by atoms with Gasteiger partial charge in [0.15, 0.2) is 0 Å². The van der Waals surface area contributed by atoms with Crippen LogP contribution in [0.3, 0.4) is 0 Å². The van der Waals surface area contributed by atoms with E-state index in [1.54, 1.807) is 6.08 Å². The molecular weight excluding hydrogens is 358 g/mol. The van der Waals surface area contributed by atoms with Crippen molar-refractivity contribution in [2.75, 3.05) is 0 Å². The summed E-state index contributed by atoms with van der Waals surface area (Å²) in [7, 11) is 0. The molecule has 4 rings (SSSR count). The van der Waals surface area contributed by atoms with Gasteiger partial charge in [0.2, 0.25) is 0 Å². The second kappa shape index (κ2) is 8.19. The van der Waals surface area contributed by atoms with Crippen LogP contribution in [0.5, 0.6) is 0 Å². The van der Waals surface area contributed by atoms with Crippen molar-refractivity contribution in [1.82, 2.24) is 4.57 Å². The minimum atomic E-state index is -0.938. The first kappa shape index (κ1) is 18.8. The third-order valence-corrected chi connectivity index (χ3v) is 5.30. The van der Waals surface area contributed by atoms with Crippen molar-refractivity contribution >= 4 is 22.9 Å². The SMILES string of the molecule is Cc1c(CCc2ccccc2)c2cc(C=CC(=O)O)ccc2n1-c1ccccc1. The molecule has 4 aromatic rings. The van der Waals surface area contributed by atoms with Gasteiger partial charge in [0.05, 0.1) is 5.52 Å². The van der Waals surface area contributed by atoms with Gasteiger partial charge in [-0.15, -0.1) is 0 Å². The van der Waals surface area contributed by atoms with E-state index in [0.29, 0.717) is 0 Å². The quantitative estimate of drug-likeness (QED) is 0.428. The zero-order chi connectivity index (χ0) is 20.2. The minimum absolute atomic E-state index is 0.895. The Morgan fingerprint density at radius 3 is 2.31 bits per heavy atom. The monoisotopic (exact) mass is 381 g/mol. The van der Waals surface area contributed by atoms with E-state index in [1.165, 1.54) is 28.3 Å². The highest BCUT2D eigenvalue weighted by atomic mass is 16.4. The molecule has 3 nitrogen and oxygen atoms in total. The van der Waals surface area contributed by atoms with Gasteiger partial charge in [0.1, 0.15) is 0 Å². The van der Waals surface area contributed by atoms with E-state index in [0.717, 1.165) is 29.6 Å². The fourth-order valence-corrected chi connectivity index (χ4v) is 3.91. The number of hydrogen-bond donors (Lipinski definition) is 1. The molecule has 0 aliphatic carbocycles. The molecule has 144 valence electrons. The molecule has 3 heteroatoms. The number of aliphatic carboxylic acids is 1. The van der Waals surface area contributed by atoms with E-state index in [1.807, 2.05) is 30.3 Å². The average Bonchev–Trinajstić information content (AvgIpc) is 3.02. The first-order valence-corrected chi connectivity index (χ1v) is 9.78. The number of nitrogens with zero attached hydrogens (tertiary/aromatic N) is 1. The number of benzene rings is 3. The van der Waals surface area contributed by atoms with E-state index in [4.69, 9.17) is 5.11 Å². The van der Waals surface area contributed by atoms with Crippen LogP contribution < -0.4 is 0 Å². The summed E-state index contributed by atoms with van der Waals surface area (Å²) in [5.74, 6) is -0.938. The number of para-hydroxylation sites is 1. The smallest absolute Gasteiger partial charge is 0.328 e. The van der Waals surface area contributed by atoms with E-state index in [2.05, 4.69) is 60.0 Å². The van der Waals surface area contributed by atoms with Crippen LogP contribution in [-0.4, -0.2) is 15.6 Å². The van der Waals surface area contributed by atoms with Gasteiger partial charge < -0.3 is 9.67 Å². The lowest BCUT2D eigenvalue weighted by atomic mass is 10.0. The summed E-state index contributed by atoms with van der Waals surface area (Å²) < 4.78 is 2.29. The Balaban J connectivity index is 1.83. The highest BCUT2D eigenvalue weighted by Gasteiger charge is 2.15. The van der Waals surface area contributed by atoms with Crippen molar-refractivity contribution in [3.63, 3.8) is 0 Å². The first-order valence-electron chi connectivity index (χ1n) is 9.78. The van der Waals surface area contributed by atoms with Gasteiger partial charge >= 0.3 is 5.97 Å². The van der Waals surface area contributed by atoms with Crippen LogP contribution >= 0.6 is 0 Å². The molecule has 0 fully saturated rings. The van der Waals surface area contributed by atoms with E-state index in [-0.39, 0.29) is 0 Å². The Hall–Kier alpha value is -3.59. The van der Waals surface area contributed by atoms with Crippen molar-refractivity contribution < 1.29 is 9.90 Å². The Kier molecular flexibility index (Phi) is 5.30. The number of hydrogen-bond acceptors (Lipinski definition) is 1. The predicted octanol–water partition coefficient (Wildman–Crippen LogP) is 5.82. The summed E-state index contributed by atoms with van der Waals surface area (Å²) >= 11 is 0. The van der Waals surface area contributed by atoms with Crippen molar-refractivity contribution in [2.24, 2.45) is 0 Å². The highest BCUT2D eigenvalue weighted by molar-refractivity contribution is 5.91. The molecule has 0 radical (unpaired) electrons. The molecule has 3 aromatic carbocycles. The third kappa shape index (κ3) is 3.99. The Morgan fingerprint density at radius 1 is 0.931 bits per heavy atom. The van der Waals surface area contributed by atoms with Crippen molar-refractivity contribution in [1.29, 1.82) is 0 Å². The van der Waals surface area contributed by atoms with E-state index < -0.39 is 5.97 Å². The summed E-state index contributed by atoms with van der Waals surface area (Å²) in [6.45, 7) is 2.17. The predicted molar refractivity (Wildman–Crippen MR) is 119 cm³/mol. The van der Waals surface area contributed by atoms with E-state index >= 15 is 0 Å². The fourth-order valence-electron chi connectivity index (χ4n) is 3.91. The number of rotatable bonds is 6. The van der Waals surface area contributed by atoms with Crippen LogP contribution in [0.1, 0.15) is 22.4 Å². The van der Waals surface area contributed by atoms with Crippen LogP contribution in [0.25, 0.3) is 22.7 Å². The summed E-state index contributed by atoms with van der Waals surface area (Å²) in [6, 6.07) is 27.0. The summed E-state index contributed by atoms with van der Waals surface area (Å²) in [5, 5.41) is 10.1. The molecule has 0 aliphatic heterocycles. The molecule has 0 spiro atoms. The van der Waals surface area contributed by atoms with Crippen molar-refractivity contribution in [3.05, 3.63) is 107 Å². The molecule has 0 amide bonds. The van der Waals surface area contributed by atoms with Gasteiger partial charge in [0, 0.05) is 22.8 Å². The second-order valence-electron chi connectivity index (χ2n) is 7.17.